The van der Waals surface area contributed by atoms with Gasteiger partial charge in [-0.15, -0.1) is 0 Å². The van der Waals surface area contributed by atoms with Crippen molar-refractivity contribution in [3.63, 3.8) is 0 Å². The van der Waals surface area contributed by atoms with E-state index in [0.717, 1.165) is 38.8 Å². The average molecular weight is 395 g/mol. The van der Waals surface area contributed by atoms with Crippen LogP contribution in [0, 0.1) is 52.8 Å². The molecule has 0 aromatic heterocycles. The SMILES string of the molecule is CCC(C#N)CCC(C)C1C#C/C=C(/C(=C/CN(C)CC)C(C)CC)C(C)/C=C\1. The van der Waals surface area contributed by atoms with E-state index in [9.17, 15) is 5.26 Å². The van der Waals surface area contributed by atoms with E-state index in [1.165, 1.54) is 11.1 Å². The molecule has 0 spiro atoms. The van der Waals surface area contributed by atoms with Crippen molar-refractivity contribution < 1.29 is 0 Å². The van der Waals surface area contributed by atoms with Crippen molar-refractivity contribution >= 4 is 0 Å². The van der Waals surface area contributed by atoms with Gasteiger partial charge in [-0.05, 0) is 74.3 Å². The number of hydrogen-bond acceptors (Lipinski definition) is 2. The fourth-order valence-corrected chi connectivity index (χ4v) is 3.67. The van der Waals surface area contributed by atoms with E-state index in [0.29, 0.717) is 17.8 Å². The molecule has 0 radical (unpaired) electrons. The summed E-state index contributed by atoms with van der Waals surface area (Å²) in [6.07, 6.45) is 13.4. The van der Waals surface area contributed by atoms with E-state index < -0.39 is 0 Å². The Kier molecular flexibility index (Phi) is 11.7. The van der Waals surface area contributed by atoms with Crippen LogP contribution in [0.5, 0.6) is 0 Å². The molecule has 2 nitrogen and oxygen atoms in total. The van der Waals surface area contributed by atoms with Gasteiger partial charge < -0.3 is 4.90 Å². The lowest BCUT2D eigenvalue weighted by molar-refractivity contribution is 0.390. The van der Waals surface area contributed by atoms with Gasteiger partial charge >= 0.3 is 0 Å². The summed E-state index contributed by atoms with van der Waals surface area (Å²) in [4.78, 5) is 2.33. The zero-order valence-corrected chi connectivity index (χ0v) is 19.8. The van der Waals surface area contributed by atoms with Crippen LogP contribution >= 0.6 is 0 Å². The first-order chi connectivity index (χ1) is 13.9. The lowest BCUT2D eigenvalue weighted by atomic mass is 9.81. The van der Waals surface area contributed by atoms with Crippen LogP contribution in [0.3, 0.4) is 0 Å². The van der Waals surface area contributed by atoms with Gasteiger partial charge in [0, 0.05) is 18.4 Å². The quantitative estimate of drug-likeness (QED) is 0.290. The van der Waals surface area contributed by atoms with Gasteiger partial charge in [0.2, 0.25) is 0 Å². The van der Waals surface area contributed by atoms with Gasteiger partial charge in [-0.25, -0.2) is 0 Å². The number of nitrogens with zero attached hydrogens (tertiary/aromatic N) is 2. The van der Waals surface area contributed by atoms with Crippen molar-refractivity contribution in [1.82, 2.24) is 4.90 Å². The maximum absolute atomic E-state index is 9.20. The van der Waals surface area contributed by atoms with E-state index in [4.69, 9.17) is 0 Å². The minimum absolute atomic E-state index is 0.179. The largest absolute Gasteiger partial charge is 0.303 e. The van der Waals surface area contributed by atoms with E-state index in [-0.39, 0.29) is 11.8 Å². The fourth-order valence-electron chi connectivity index (χ4n) is 3.67. The second kappa shape index (κ2) is 13.5. The van der Waals surface area contributed by atoms with Gasteiger partial charge in [-0.3, -0.25) is 0 Å². The minimum Gasteiger partial charge on any atom is -0.303 e. The first-order valence-electron chi connectivity index (χ1n) is 11.6. The molecule has 160 valence electrons. The zero-order valence-electron chi connectivity index (χ0n) is 19.8. The van der Waals surface area contributed by atoms with Crippen molar-refractivity contribution in [2.45, 2.75) is 67.2 Å². The maximum atomic E-state index is 9.20. The van der Waals surface area contributed by atoms with Gasteiger partial charge in [-0.1, -0.05) is 71.6 Å². The molecule has 0 aromatic carbocycles. The predicted octanol–water partition coefficient (Wildman–Crippen LogP) is 6.63. The van der Waals surface area contributed by atoms with Gasteiger partial charge in [0.1, 0.15) is 0 Å². The molecule has 0 saturated carbocycles. The Morgan fingerprint density at radius 2 is 1.93 bits per heavy atom. The van der Waals surface area contributed by atoms with Crippen LogP contribution in [0.25, 0.3) is 0 Å². The van der Waals surface area contributed by atoms with E-state index in [1.807, 2.05) is 0 Å². The fraction of sp³-hybridized carbons (Fsp3) is 0.667. The highest BCUT2D eigenvalue weighted by Crippen LogP contribution is 2.31. The number of nitriles is 1. The Bertz CT molecular complexity index is 680. The molecule has 0 amide bonds. The molecule has 0 aromatic rings. The Hall–Kier alpha value is -1.77. The summed E-state index contributed by atoms with van der Waals surface area (Å²) in [5.41, 5.74) is 2.82. The molecule has 0 N–H and O–H groups in total. The topological polar surface area (TPSA) is 27.0 Å². The third-order valence-corrected chi connectivity index (χ3v) is 6.47. The predicted molar refractivity (Wildman–Crippen MR) is 126 cm³/mol. The first kappa shape index (κ1) is 25.3. The van der Waals surface area contributed by atoms with Crippen LogP contribution in [0.15, 0.2) is 35.5 Å². The second-order valence-corrected chi connectivity index (χ2v) is 8.70. The number of hydrogen-bond donors (Lipinski definition) is 0. The van der Waals surface area contributed by atoms with Crippen LogP contribution in [-0.4, -0.2) is 25.0 Å². The van der Waals surface area contributed by atoms with Crippen molar-refractivity contribution in [3.8, 4) is 17.9 Å². The van der Waals surface area contributed by atoms with E-state index >= 15 is 0 Å². The summed E-state index contributed by atoms with van der Waals surface area (Å²) in [5.74, 6) is 8.71. The Balaban J connectivity index is 3.02. The van der Waals surface area contributed by atoms with Crippen LogP contribution < -0.4 is 0 Å². The highest BCUT2D eigenvalue weighted by molar-refractivity contribution is 5.43. The summed E-state index contributed by atoms with van der Waals surface area (Å²) in [6.45, 7) is 15.5. The number of rotatable bonds is 11. The zero-order chi connectivity index (χ0) is 21.8. The number of likely N-dealkylation sites (N-methyl/N-ethyl adjacent to an activating group) is 1. The lowest BCUT2D eigenvalue weighted by Gasteiger charge is -2.24. The third kappa shape index (κ3) is 8.24. The smallest absolute Gasteiger partial charge is 0.0655 e. The van der Waals surface area contributed by atoms with Crippen LogP contribution in [0.2, 0.25) is 0 Å². The molecule has 1 aliphatic rings. The monoisotopic (exact) mass is 394 g/mol. The highest BCUT2D eigenvalue weighted by atomic mass is 15.1. The molecule has 0 bridgehead atoms. The van der Waals surface area contributed by atoms with Crippen LogP contribution in [0.1, 0.15) is 67.2 Å². The van der Waals surface area contributed by atoms with Gasteiger partial charge in [0.25, 0.3) is 0 Å². The molecular formula is C27H42N2. The lowest BCUT2D eigenvalue weighted by Crippen LogP contribution is -2.19. The van der Waals surface area contributed by atoms with Crippen molar-refractivity contribution in [2.24, 2.45) is 29.6 Å². The average Bonchev–Trinajstić information content (AvgIpc) is 2.72. The molecular weight excluding hydrogens is 352 g/mol. The summed E-state index contributed by atoms with van der Waals surface area (Å²) in [5, 5.41) is 9.20. The normalized spacial score (nSPS) is 25.5. The van der Waals surface area contributed by atoms with Crippen molar-refractivity contribution in [3.05, 3.63) is 35.5 Å². The minimum atomic E-state index is 0.179. The summed E-state index contributed by atoms with van der Waals surface area (Å²) >= 11 is 0. The Morgan fingerprint density at radius 3 is 2.52 bits per heavy atom. The highest BCUT2D eigenvalue weighted by Gasteiger charge is 2.19. The molecule has 1 aliphatic carbocycles. The van der Waals surface area contributed by atoms with Gasteiger partial charge in [0.15, 0.2) is 0 Å². The summed E-state index contributed by atoms with van der Waals surface area (Å²) in [7, 11) is 2.17. The van der Waals surface area contributed by atoms with E-state index in [2.05, 4.69) is 95.7 Å². The molecule has 0 heterocycles. The van der Waals surface area contributed by atoms with E-state index in [1.54, 1.807) is 0 Å². The Labute approximate surface area is 180 Å². The molecule has 5 unspecified atom stereocenters. The van der Waals surface area contributed by atoms with Crippen molar-refractivity contribution in [1.29, 1.82) is 5.26 Å². The summed E-state index contributed by atoms with van der Waals surface area (Å²) < 4.78 is 0. The van der Waals surface area contributed by atoms with Crippen LogP contribution in [0.4, 0.5) is 0 Å². The summed E-state index contributed by atoms with van der Waals surface area (Å²) in [6, 6.07) is 2.42. The molecule has 1 rings (SSSR count). The van der Waals surface area contributed by atoms with Crippen LogP contribution in [-0.2, 0) is 0 Å². The molecule has 2 heteroatoms. The van der Waals surface area contributed by atoms with Crippen molar-refractivity contribution in [2.75, 3.05) is 20.1 Å². The maximum Gasteiger partial charge on any atom is 0.0655 e. The second-order valence-electron chi connectivity index (χ2n) is 8.70. The van der Waals surface area contributed by atoms with Gasteiger partial charge in [-0.2, -0.15) is 5.26 Å². The third-order valence-electron chi connectivity index (χ3n) is 6.47. The number of allylic oxidation sites excluding steroid dienone is 5. The Morgan fingerprint density at radius 1 is 1.21 bits per heavy atom. The molecule has 0 aliphatic heterocycles. The molecule has 0 fully saturated rings. The standard InChI is InChI=1S/C27H42N2/c1-8-21(4)27(18-19-29(7)10-3)26-13-11-12-25(17-15-23(26)6)22(5)14-16-24(9-2)20-28/h13,15,17-18,21-25H,8-10,14,16,19H2,1-7H3/b17-15-,26-13+,27-18+. The first-order valence-corrected chi connectivity index (χ1v) is 11.6. The van der Waals surface area contributed by atoms with Gasteiger partial charge in [0.05, 0.1) is 6.07 Å². The molecule has 0 saturated heterocycles. The molecule has 5 atom stereocenters. The molecule has 29 heavy (non-hydrogen) atoms.